The lowest BCUT2D eigenvalue weighted by molar-refractivity contribution is 0.251. The summed E-state index contributed by atoms with van der Waals surface area (Å²) in [6.07, 6.45) is -0.183. The first-order valence-electron chi connectivity index (χ1n) is 4.76. The second-order valence-electron chi connectivity index (χ2n) is 4.89. The van der Waals surface area contributed by atoms with Crippen LogP contribution < -0.4 is 5.48 Å². The average molecular weight is 214 g/mol. The van der Waals surface area contributed by atoms with Crippen molar-refractivity contribution in [2.24, 2.45) is 0 Å². The molecule has 0 spiro atoms. The zero-order valence-corrected chi connectivity index (χ0v) is 10.9. The highest BCUT2D eigenvalue weighted by atomic mass is 28.4. The van der Waals surface area contributed by atoms with Gasteiger partial charge in [0.15, 0.2) is 8.32 Å². The number of hydrogen-bond acceptors (Lipinski definition) is 3. The van der Waals surface area contributed by atoms with Crippen LogP contribution in [0.4, 0.5) is 0 Å². The average Bonchev–Trinajstić information content (AvgIpc) is 1.97. The molecule has 0 amide bonds. The minimum absolute atomic E-state index is 0.174. The summed E-state index contributed by atoms with van der Waals surface area (Å²) in [7, 11) is -1.75. The molecule has 0 aromatic heterocycles. The maximum atomic E-state index is 9.93. The third kappa shape index (κ3) is 4.14. The summed E-state index contributed by atoms with van der Waals surface area (Å²) in [6, 6.07) is 2.26. The smallest absolute Gasteiger partial charge is 0.193 e. The highest BCUT2D eigenvalue weighted by molar-refractivity contribution is 6.74. The third-order valence-electron chi connectivity index (χ3n) is 2.60. The fourth-order valence-corrected chi connectivity index (χ4v) is 2.08. The lowest BCUT2D eigenvalue weighted by atomic mass is 10.2. The molecule has 0 saturated heterocycles. The minimum Gasteiger partial charge on any atom is -0.754 e. The topological polar surface area (TPSA) is 44.3 Å². The van der Waals surface area contributed by atoms with E-state index >= 15 is 0 Å². The largest absolute Gasteiger partial charge is 0.754 e. The summed E-state index contributed by atoms with van der Waals surface area (Å²) in [5.74, 6) is 2.70. The summed E-state index contributed by atoms with van der Waals surface area (Å²) in [5, 5.41) is 10.1. The zero-order chi connectivity index (χ0) is 11.4. The normalized spacial score (nSPS) is 14.2. The Balaban J connectivity index is 4.37. The van der Waals surface area contributed by atoms with Crippen LogP contribution in [0.3, 0.4) is 0 Å². The Hall–Kier alpha value is -0.503. The summed E-state index contributed by atoms with van der Waals surface area (Å²) >= 11 is 0. The van der Waals surface area contributed by atoms with Crippen molar-refractivity contribution in [2.45, 2.75) is 51.9 Å². The van der Waals surface area contributed by atoms with E-state index in [-0.39, 0.29) is 11.1 Å². The molecule has 0 unspecified atom stereocenters. The molecule has 0 saturated carbocycles. The van der Waals surface area contributed by atoms with Crippen LogP contribution in [-0.4, -0.2) is 14.4 Å². The fraction of sp³-hybridized carbons (Fsp3) is 0.800. The Labute approximate surface area is 87.9 Å². The molecule has 0 aromatic carbocycles. The van der Waals surface area contributed by atoms with Gasteiger partial charge in [-0.15, -0.1) is 0 Å². The monoisotopic (exact) mass is 214 g/mol. The summed E-state index contributed by atoms with van der Waals surface area (Å²) in [5.41, 5.74) is 1.55. The summed E-state index contributed by atoms with van der Waals surface area (Å²) < 4.78 is 5.89. The van der Waals surface area contributed by atoms with Crippen LogP contribution in [0.15, 0.2) is 0 Å². The zero-order valence-electron chi connectivity index (χ0n) is 9.89. The van der Waals surface area contributed by atoms with Crippen LogP contribution in [0.5, 0.6) is 0 Å². The first kappa shape index (κ1) is 13.5. The van der Waals surface area contributed by atoms with Crippen molar-refractivity contribution in [1.29, 1.82) is 0 Å². The van der Waals surface area contributed by atoms with E-state index in [4.69, 9.17) is 4.43 Å². The number of nitrogens with one attached hydrogen (secondary N) is 1. The number of hydroxylamine groups is 1. The van der Waals surface area contributed by atoms with Gasteiger partial charge in [0, 0.05) is 0 Å². The molecule has 0 fully saturated rings. The second kappa shape index (κ2) is 4.83. The molecule has 0 heterocycles. The molecule has 0 bridgehead atoms. The van der Waals surface area contributed by atoms with Crippen LogP contribution >= 0.6 is 0 Å². The molecule has 0 rings (SSSR count). The van der Waals surface area contributed by atoms with Gasteiger partial charge in [-0.1, -0.05) is 26.7 Å². The van der Waals surface area contributed by atoms with Gasteiger partial charge in [0.25, 0.3) is 0 Å². The highest BCUT2D eigenvalue weighted by Crippen LogP contribution is 2.37. The maximum Gasteiger partial charge on any atom is 0.193 e. The van der Waals surface area contributed by atoms with E-state index in [1.165, 1.54) is 0 Å². The molecule has 0 radical (unpaired) electrons. The van der Waals surface area contributed by atoms with Gasteiger partial charge in [-0.05, 0) is 31.1 Å². The quantitative estimate of drug-likeness (QED) is 0.332. The van der Waals surface area contributed by atoms with E-state index in [0.717, 1.165) is 0 Å². The predicted molar refractivity (Wildman–Crippen MR) is 62.0 cm³/mol. The van der Waals surface area contributed by atoms with Crippen LogP contribution in [0.25, 0.3) is 0 Å². The molecule has 1 atom stereocenters. The molecule has 14 heavy (non-hydrogen) atoms. The highest BCUT2D eigenvalue weighted by Gasteiger charge is 2.38. The van der Waals surface area contributed by atoms with Crippen LogP contribution in [0.2, 0.25) is 18.1 Å². The molecular formula is C10H20NO2Si-. The molecule has 0 aliphatic carbocycles. The molecule has 3 nitrogen and oxygen atoms in total. The van der Waals surface area contributed by atoms with E-state index in [2.05, 4.69) is 45.8 Å². The molecule has 0 aliphatic rings. The third-order valence-corrected chi connectivity index (χ3v) is 7.16. The Kier molecular flexibility index (Phi) is 4.65. The Bertz CT molecular complexity index is 235. The molecule has 82 valence electrons. The van der Waals surface area contributed by atoms with E-state index in [0.29, 0.717) is 0 Å². The summed E-state index contributed by atoms with van der Waals surface area (Å²) in [6.45, 7) is 12.7. The van der Waals surface area contributed by atoms with Gasteiger partial charge < -0.3 is 15.1 Å². The van der Waals surface area contributed by atoms with Gasteiger partial charge in [-0.3, -0.25) is 0 Å². The molecular weight excluding hydrogens is 194 g/mol. The van der Waals surface area contributed by atoms with E-state index in [9.17, 15) is 5.21 Å². The van der Waals surface area contributed by atoms with Crippen LogP contribution in [0, 0.1) is 17.2 Å². The predicted octanol–water partition coefficient (Wildman–Crippen LogP) is 2.45. The van der Waals surface area contributed by atoms with Crippen molar-refractivity contribution in [2.75, 3.05) is 0 Å². The van der Waals surface area contributed by atoms with Gasteiger partial charge in [0.2, 0.25) is 0 Å². The van der Waals surface area contributed by atoms with E-state index in [1.807, 2.05) is 6.92 Å². The lowest BCUT2D eigenvalue weighted by Crippen LogP contribution is -2.43. The van der Waals surface area contributed by atoms with Crippen molar-refractivity contribution in [3.05, 3.63) is 5.21 Å². The van der Waals surface area contributed by atoms with Crippen LogP contribution in [0.1, 0.15) is 27.7 Å². The van der Waals surface area contributed by atoms with Gasteiger partial charge in [-0.2, -0.15) is 0 Å². The minimum atomic E-state index is -1.75. The maximum absolute atomic E-state index is 9.93. The van der Waals surface area contributed by atoms with Crippen molar-refractivity contribution < 1.29 is 4.43 Å². The number of rotatable bonds is 2. The number of hydrogen-bond donors (Lipinski definition) is 1. The Morgan fingerprint density at radius 2 is 1.86 bits per heavy atom. The van der Waals surface area contributed by atoms with Gasteiger partial charge in [0.1, 0.15) is 6.10 Å². The Morgan fingerprint density at radius 1 is 1.36 bits per heavy atom. The van der Waals surface area contributed by atoms with Crippen molar-refractivity contribution in [1.82, 2.24) is 5.48 Å². The Morgan fingerprint density at radius 3 is 2.21 bits per heavy atom. The SMILES string of the molecule is C[C@@H](C#CN[O-])O[Si](C)(C)C(C)(C)C. The first-order chi connectivity index (χ1) is 6.20. The van der Waals surface area contributed by atoms with E-state index in [1.54, 1.807) is 5.48 Å². The van der Waals surface area contributed by atoms with Gasteiger partial charge in [-0.25, -0.2) is 0 Å². The second-order valence-corrected chi connectivity index (χ2v) is 9.65. The van der Waals surface area contributed by atoms with Crippen LogP contribution in [-0.2, 0) is 4.43 Å². The van der Waals surface area contributed by atoms with Gasteiger partial charge >= 0.3 is 0 Å². The standard InChI is InChI=1S/C10H20NO2Si/c1-9(7-8-11-12)13-14(5,6)10(2,3)4/h9,11H,1-6H3/q-1/t9-/m0/s1. The molecule has 0 aliphatic heterocycles. The molecule has 0 aromatic rings. The molecule has 1 N–H and O–H groups in total. The summed E-state index contributed by atoms with van der Waals surface area (Å²) in [4.78, 5) is 0. The van der Waals surface area contributed by atoms with Crippen molar-refractivity contribution >= 4 is 8.32 Å². The van der Waals surface area contributed by atoms with Crippen molar-refractivity contribution in [3.8, 4) is 12.0 Å². The fourth-order valence-electron chi connectivity index (χ4n) is 0.779. The first-order valence-corrected chi connectivity index (χ1v) is 7.67. The van der Waals surface area contributed by atoms with Gasteiger partial charge in [0.05, 0.1) is 0 Å². The van der Waals surface area contributed by atoms with E-state index < -0.39 is 8.32 Å². The molecule has 4 heteroatoms. The lowest BCUT2D eigenvalue weighted by Gasteiger charge is -2.37. The van der Waals surface area contributed by atoms with Crippen molar-refractivity contribution in [3.63, 3.8) is 0 Å².